The molecule has 0 saturated carbocycles. The third-order valence-corrected chi connectivity index (χ3v) is 5.61. The number of benzene rings is 1. The summed E-state index contributed by atoms with van der Waals surface area (Å²) < 4.78 is 45.9. The lowest BCUT2D eigenvalue weighted by Crippen LogP contribution is -2.23. The van der Waals surface area contributed by atoms with Gasteiger partial charge in [0.1, 0.15) is 5.75 Å². The first-order valence-electron chi connectivity index (χ1n) is 7.94. The van der Waals surface area contributed by atoms with Gasteiger partial charge >= 0.3 is 5.22 Å². The number of carbonyl (C=O) groups is 1. The van der Waals surface area contributed by atoms with Gasteiger partial charge in [-0.15, -0.1) is 16.4 Å². The zero-order chi connectivity index (χ0) is 21.0. The molecule has 1 aromatic carbocycles. The van der Waals surface area contributed by atoms with E-state index in [0.717, 1.165) is 11.3 Å². The molecule has 154 valence electrons. The molecule has 0 aliphatic rings. The van der Waals surface area contributed by atoms with E-state index < -0.39 is 26.7 Å². The highest BCUT2D eigenvalue weighted by Crippen LogP contribution is 2.41. The Balaban J connectivity index is 1.85. The second-order valence-corrected chi connectivity index (χ2v) is 8.19. The molecule has 0 bridgehead atoms. The van der Waals surface area contributed by atoms with Crippen LogP contribution in [0.15, 0.2) is 33.3 Å². The van der Waals surface area contributed by atoms with Gasteiger partial charge in [-0.3, -0.25) is 4.79 Å². The van der Waals surface area contributed by atoms with E-state index in [1.54, 1.807) is 5.38 Å². The number of carbonyl (C=O) groups excluding carboxylic acids is 1. The van der Waals surface area contributed by atoms with Crippen LogP contribution in [0.4, 0.5) is 5.13 Å². The normalized spacial score (nSPS) is 11.1. The number of nitrogens with zero attached hydrogens (tertiary/aromatic N) is 3. The topological polar surface area (TPSA) is 143 Å². The van der Waals surface area contributed by atoms with Crippen LogP contribution in [0, 0.1) is 0 Å². The lowest BCUT2D eigenvalue weighted by Gasteiger charge is -2.12. The first kappa shape index (κ1) is 20.5. The molecule has 1 amide bonds. The molecule has 0 fully saturated rings. The standard InChI is InChI=1S/C16H16N4O7S2/c1-24-10-6-9(7-11(25-2)13(10)26-3)14-19-20-16(27-14)29(22,23)8-12(21)18-15-17-4-5-28-15/h4-7H,8H2,1-3H3,(H,17,18,21). The van der Waals surface area contributed by atoms with Crippen molar-refractivity contribution in [2.24, 2.45) is 0 Å². The molecule has 11 nitrogen and oxygen atoms in total. The SMILES string of the molecule is COc1cc(-c2nnc(S(=O)(=O)CC(=O)Nc3nccs3)o2)cc(OC)c1OC. The number of methoxy groups -OCH3 is 3. The summed E-state index contributed by atoms with van der Waals surface area (Å²) in [5.41, 5.74) is 0.348. The number of aromatic nitrogens is 3. The van der Waals surface area contributed by atoms with Gasteiger partial charge in [-0.1, -0.05) is 5.10 Å². The molecular weight excluding hydrogens is 424 g/mol. The molecule has 0 unspecified atom stereocenters. The van der Waals surface area contributed by atoms with Crippen LogP contribution in [0.3, 0.4) is 0 Å². The Labute approximate surface area is 169 Å². The minimum atomic E-state index is -4.16. The average molecular weight is 440 g/mol. The lowest BCUT2D eigenvalue weighted by molar-refractivity contribution is -0.113. The molecular formula is C16H16N4O7S2. The zero-order valence-electron chi connectivity index (χ0n) is 15.5. The van der Waals surface area contributed by atoms with Crippen LogP contribution in [0.5, 0.6) is 17.2 Å². The summed E-state index contributed by atoms with van der Waals surface area (Å²) in [6.07, 6.45) is 1.48. The highest BCUT2D eigenvalue weighted by molar-refractivity contribution is 7.91. The van der Waals surface area contributed by atoms with Gasteiger partial charge in [-0.25, -0.2) is 13.4 Å². The number of hydrogen-bond acceptors (Lipinski definition) is 11. The van der Waals surface area contributed by atoms with Crippen LogP contribution < -0.4 is 19.5 Å². The summed E-state index contributed by atoms with van der Waals surface area (Å²) in [5.74, 6) is -0.733. The van der Waals surface area contributed by atoms with E-state index in [2.05, 4.69) is 20.5 Å². The van der Waals surface area contributed by atoms with Crippen LogP contribution in [-0.4, -0.2) is 56.6 Å². The molecule has 0 radical (unpaired) electrons. The molecule has 0 saturated heterocycles. The van der Waals surface area contributed by atoms with E-state index >= 15 is 0 Å². The molecule has 1 N–H and O–H groups in total. The third-order valence-electron chi connectivity index (χ3n) is 3.58. The summed E-state index contributed by atoms with van der Waals surface area (Å²) >= 11 is 1.16. The van der Waals surface area contributed by atoms with Crippen molar-refractivity contribution >= 4 is 32.2 Å². The fraction of sp³-hybridized carbons (Fsp3) is 0.250. The van der Waals surface area contributed by atoms with Crippen LogP contribution in [-0.2, 0) is 14.6 Å². The van der Waals surface area contributed by atoms with Gasteiger partial charge in [-0.2, -0.15) is 0 Å². The number of anilines is 1. The predicted octanol–water partition coefficient (Wildman–Crippen LogP) is 1.63. The molecule has 2 aromatic heterocycles. The first-order chi connectivity index (χ1) is 13.9. The number of amides is 1. The maximum atomic E-state index is 12.4. The van der Waals surface area contributed by atoms with Crippen LogP contribution in [0.2, 0.25) is 0 Å². The molecule has 13 heteroatoms. The fourth-order valence-electron chi connectivity index (χ4n) is 2.33. The van der Waals surface area contributed by atoms with Gasteiger partial charge in [-0.05, 0) is 12.1 Å². The van der Waals surface area contributed by atoms with E-state index in [1.165, 1.54) is 39.7 Å². The van der Waals surface area contributed by atoms with Crippen molar-refractivity contribution in [1.82, 2.24) is 15.2 Å². The Morgan fingerprint density at radius 1 is 1.14 bits per heavy atom. The average Bonchev–Trinajstić information content (AvgIpc) is 3.38. The summed E-state index contributed by atoms with van der Waals surface area (Å²) in [6, 6.07) is 3.06. The van der Waals surface area contributed by atoms with Crippen LogP contribution in [0.1, 0.15) is 0 Å². The Morgan fingerprint density at radius 2 is 1.83 bits per heavy atom. The molecule has 0 aliphatic heterocycles. The second-order valence-electron chi connectivity index (χ2n) is 5.43. The summed E-state index contributed by atoms with van der Waals surface area (Å²) in [4.78, 5) is 15.8. The number of nitrogens with one attached hydrogen (secondary N) is 1. The van der Waals surface area contributed by atoms with Gasteiger partial charge in [0.15, 0.2) is 16.6 Å². The van der Waals surface area contributed by atoms with E-state index in [-0.39, 0.29) is 11.0 Å². The smallest absolute Gasteiger partial charge is 0.336 e. The van der Waals surface area contributed by atoms with E-state index in [1.807, 2.05) is 0 Å². The van der Waals surface area contributed by atoms with Crippen LogP contribution >= 0.6 is 11.3 Å². The first-order valence-corrected chi connectivity index (χ1v) is 10.5. The Hall–Kier alpha value is -3.19. The van der Waals surface area contributed by atoms with Gasteiger partial charge in [0, 0.05) is 17.1 Å². The third kappa shape index (κ3) is 4.46. The number of rotatable bonds is 8. The van der Waals surface area contributed by atoms with E-state index in [0.29, 0.717) is 22.8 Å². The van der Waals surface area contributed by atoms with Crippen LogP contribution in [0.25, 0.3) is 11.5 Å². The van der Waals surface area contributed by atoms with Crippen molar-refractivity contribution in [3.8, 4) is 28.7 Å². The molecule has 3 aromatic rings. The molecule has 29 heavy (non-hydrogen) atoms. The van der Waals surface area contributed by atoms with Gasteiger partial charge in [0.05, 0.1) is 21.3 Å². The maximum Gasteiger partial charge on any atom is 0.336 e. The number of hydrogen-bond donors (Lipinski definition) is 1. The summed E-state index contributed by atoms with van der Waals surface area (Å²) in [5, 5.41) is 10.9. The minimum absolute atomic E-state index is 0.0943. The zero-order valence-corrected chi connectivity index (χ0v) is 17.2. The highest BCUT2D eigenvalue weighted by Gasteiger charge is 2.27. The molecule has 2 heterocycles. The van der Waals surface area contributed by atoms with Crippen molar-refractivity contribution in [3.05, 3.63) is 23.7 Å². The quantitative estimate of drug-likeness (QED) is 0.549. The number of thiazole rings is 1. The lowest BCUT2D eigenvalue weighted by atomic mass is 10.2. The van der Waals surface area contributed by atoms with Crippen molar-refractivity contribution in [2.45, 2.75) is 5.22 Å². The van der Waals surface area contributed by atoms with Gasteiger partial charge in [0.2, 0.25) is 27.4 Å². The second kappa shape index (κ2) is 8.45. The number of sulfone groups is 1. The molecule has 0 atom stereocenters. The highest BCUT2D eigenvalue weighted by atomic mass is 32.2. The largest absolute Gasteiger partial charge is 0.493 e. The number of ether oxygens (including phenoxy) is 3. The summed E-state index contributed by atoms with van der Waals surface area (Å²) in [6.45, 7) is 0. The van der Waals surface area contributed by atoms with Crippen molar-refractivity contribution in [1.29, 1.82) is 0 Å². The predicted molar refractivity (Wildman–Crippen MR) is 102 cm³/mol. The van der Waals surface area contributed by atoms with Crippen molar-refractivity contribution in [2.75, 3.05) is 32.4 Å². The molecule has 3 rings (SSSR count). The fourth-order valence-corrected chi connectivity index (χ4v) is 3.79. The Kier molecular flexibility index (Phi) is 5.98. The summed E-state index contributed by atoms with van der Waals surface area (Å²) in [7, 11) is 0.169. The van der Waals surface area contributed by atoms with E-state index in [4.69, 9.17) is 18.6 Å². The van der Waals surface area contributed by atoms with Gasteiger partial charge in [0.25, 0.3) is 0 Å². The Morgan fingerprint density at radius 3 is 2.38 bits per heavy atom. The molecule has 0 spiro atoms. The van der Waals surface area contributed by atoms with E-state index in [9.17, 15) is 13.2 Å². The monoisotopic (exact) mass is 440 g/mol. The van der Waals surface area contributed by atoms with Crippen molar-refractivity contribution in [3.63, 3.8) is 0 Å². The maximum absolute atomic E-state index is 12.4. The Bertz CT molecular complexity index is 1090. The molecule has 0 aliphatic carbocycles. The van der Waals surface area contributed by atoms with Crippen molar-refractivity contribution < 1.29 is 31.8 Å². The van der Waals surface area contributed by atoms with Gasteiger partial charge < -0.3 is 23.9 Å². The minimum Gasteiger partial charge on any atom is -0.493 e.